The number of hydrazine groups is 1. The molecule has 1 aliphatic heterocycles. The molecule has 1 heterocycles. The average Bonchev–Trinajstić information content (AvgIpc) is 2.88. The summed E-state index contributed by atoms with van der Waals surface area (Å²) in [4.78, 5) is 0. The maximum atomic E-state index is 5.31. The third-order valence-corrected chi connectivity index (χ3v) is 3.91. The zero-order valence-electron chi connectivity index (χ0n) is 11.3. The average molecular weight is 363 g/mol. The summed E-state index contributed by atoms with van der Waals surface area (Å²) in [6.45, 7) is 1.50. The molecule has 0 aliphatic carbocycles. The Balaban J connectivity index is 1.49. The van der Waals surface area contributed by atoms with E-state index >= 15 is 0 Å². The van der Waals surface area contributed by atoms with E-state index in [1.807, 2.05) is 30.3 Å². The molecule has 0 fully saturated rings. The molecule has 21 heavy (non-hydrogen) atoms. The zero-order valence-corrected chi connectivity index (χ0v) is 13.7. The highest BCUT2D eigenvalue weighted by Gasteiger charge is 2.16. The number of nitrogens with zero attached hydrogens (tertiary/aromatic N) is 1. The molecule has 0 spiro atoms. The molecule has 0 saturated heterocycles. The Kier molecular flexibility index (Phi) is 4.38. The van der Waals surface area contributed by atoms with Crippen LogP contribution in [0.25, 0.3) is 0 Å². The first kappa shape index (κ1) is 14.3. The Morgan fingerprint density at radius 1 is 1.24 bits per heavy atom. The lowest BCUT2D eigenvalue weighted by molar-refractivity contribution is 0.337. The normalized spacial score (nSPS) is 13.4. The minimum absolute atomic E-state index is 0.603. The smallest absolute Gasteiger partial charge is 0.171 e. The van der Waals surface area contributed by atoms with Crippen LogP contribution in [0.1, 0.15) is 5.56 Å². The second-order valence-corrected chi connectivity index (χ2v) is 6.09. The molecule has 0 radical (unpaired) electrons. The molecular formula is C15H15BrN4S. The third-order valence-electron chi connectivity index (χ3n) is 3.17. The van der Waals surface area contributed by atoms with E-state index in [1.165, 1.54) is 5.56 Å². The summed E-state index contributed by atoms with van der Waals surface area (Å²) in [5.41, 5.74) is 6.75. The summed E-state index contributed by atoms with van der Waals surface area (Å²) in [6.07, 6.45) is 0. The monoisotopic (exact) mass is 362 g/mol. The number of hydrogen-bond donors (Lipinski definition) is 3. The van der Waals surface area contributed by atoms with Gasteiger partial charge in [-0.05, 0) is 42.0 Å². The quantitative estimate of drug-likeness (QED) is 0.728. The van der Waals surface area contributed by atoms with Crippen LogP contribution in [0.5, 0.6) is 0 Å². The molecule has 1 aliphatic rings. The molecule has 0 atom stereocenters. The summed E-state index contributed by atoms with van der Waals surface area (Å²) < 4.78 is 1.02. The van der Waals surface area contributed by atoms with E-state index in [4.69, 9.17) is 12.2 Å². The number of rotatable bonds is 3. The van der Waals surface area contributed by atoms with Crippen molar-refractivity contribution in [1.82, 2.24) is 10.3 Å². The number of benzene rings is 2. The van der Waals surface area contributed by atoms with Crippen LogP contribution in [0.3, 0.4) is 0 Å². The van der Waals surface area contributed by atoms with Gasteiger partial charge in [-0.1, -0.05) is 40.2 Å². The van der Waals surface area contributed by atoms with Gasteiger partial charge >= 0.3 is 0 Å². The van der Waals surface area contributed by atoms with Gasteiger partial charge in [0, 0.05) is 16.7 Å². The molecule has 3 N–H and O–H groups in total. The van der Waals surface area contributed by atoms with E-state index in [2.05, 4.69) is 55.2 Å². The van der Waals surface area contributed by atoms with Crippen molar-refractivity contribution in [2.45, 2.75) is 6.54 Å². The van der Waals surface area contributed by atoms with Crippen LogP contribution in [-0.2, 0) is 6.54 Å². The maximum absolute atomic E-state index is 5.31. The van der Waals surface area contributed by atoms with Gasteiger partial charge in [-0.2, -0.15) is 5.01 Å². The van der Waals surface area contributed by atoms with Crippen molar-refractivity contribution >= 4 is 44.6 Å². The molecule has 0 aromatic heterocycles. The second kappa shape index (κ2) is 6.43. The largest absolute Gasteiger partial charge is 0.348 e. The summed E-state index contributed by atoms with van der Waals surface area (Å²) in [6, 6.07) is 16.2. The second-order valence-electron chi connectivity index (χ2n) is 4.77. The Morgan fingerprint density at radius 2 is 2.10 bits per heavy atom. The van der Waals surface area contributed by atoms with E-state index in [-0.39, 0.29) is 0 Å². The molecule has 4 nitrogen and oxygen atoms in total. The van der Waals surface area contributed by atoms with Gasteiger partial charge in [-0.25, -0.2) is 0 Å². The molecular weight excluding hydrogens is 348 g/mol. The lowest BCUT2D eigenvalue weighted by Crippen LogP contribution is -2.39. The number of halogens is 1. The van der Waals surface area contributed by atoms with E-state index < -0.39 is 0 Å². The molecule has 0 unspecified atom stereocenters. The van der Waals surface area contributed by atoms with E-state index in [1.54, 1.807) is 0 Å². The van der Waals surface area contributed by atoms with Crippen LogP contribution in [0.15, 0.2) is 53.0 Å². The summed E-state index contributed by atoms with van der Waals surface area (Å²) in [5.74, 6) is 0. The van der Waals surface area contributed by atoms with Crippen LogP contribution < -0.4 is 16.1 Å². The van der Waals surface area contributed by atoms with Crippen molar-refractivity contribution in [3.63, 3.8) is 0 Å². The maximum Gasteiger partial charge on any atom is 0.171 e. The number of para-hydroxylation sites is 1. The van der Waals surface area contributed by atoms with Crippen molar-refractivity contribution in [3.05, 3.63) is 58.6 Å². The first-order valence-corrected chi connectivity index (χ1v) is 7.81. The predicted octanol–water partition coefficient (Wildman–Crippen LogP) is 3.54. The van der Waals surface area contributed by atoms with Crippen LogP contribution in [0.2, 0.25) is 0 Å². The highest BCUT2D eigenvalue weighted by molar-refractivity contribution is 9.10. The van der Waals surface area contributed by atoms with Gasteiger partial charge in [0.1, 0.15) is 0 Å². The van der Waals surface area contributed by atoms with Crippen molar-refractivity contribution < 1.29 is 0 Å². The third kappa shape index (κ3) is 3.72. The number of hydrogen-bond acceptors (Lipinski definition) is 3. The highest BCUT2D eigenvalue weighted by Crippen LogP contribution is 2.23. The van der Waals surface area contributed by atoms with Crippen molar-refractivity contribution in [3.8, 4) is 0 Å². The molecule has 3 rings (SSSR count). The van der Waals surface area contributed by atoms with Crippen LogP contribution in [0.4, 0.5) is 11.4 Å². The van der Waals surface area contributed by atoms with E-state index in [0.717, 1.165) is 22.4 Å². The first-order chi connectivity index (χ1) is 10.2. The van der Waals surface area contributed by atoms with Crippen LogP contribution in [-0.4, -0.2) is 16.8 Å². The lowest BCUT2D eigenvalue weighted by atomic mass is 10.2. The fourth-order valence-electron chi connectivity index (χ4n) is 2.19. The topological polar surface area (TPSA) is 39.3 Å². The SMILES string of the molecule is S=C(NCN1Cc2ccccc2N1)Nc1cccc(Br)c1. The van der Waals surface area contributed by atoms with Crippen molar-refractivity contribution in [2.75, 3.05) is 17.4 Å². The summed E-state index contributed by atoms with van der Waals surface area (Å²) >= 11 is 8.75. The molecule has 2 aromatic rings. The zero-order chi connectivity index (χ0) is 14.7. The van der Waals surface area contributed by atoms with Crippen LogP contribution in [0, 0.1) is 0 Å². The number of thiocarbonyl (C=S) groups is 1. The fourth-order valence-corrected chi connectivity index (χ4v) is 2.77. The predicted molar refractivity (Wildman–Crippen MR) is 94.0 cm³/mol. The van der Waals surface area contributed by atoms with Crippen LogP contribution >= 0.6 is 28.1 Å². The van der Waals surface area contributed by atoms with Gasteiger partial charge in [0.25, 0.3) is 0 Å². The summed E-state index contributed by atoms with van der Waals surface area (Å²) in [5, 5.41) is 9.05. The van der Waals surface area contributed by atoms with E-state index in [0.29, 0.717) is 11.8 Å². The van der Waals surface area contributed by atoms with E-state index in [9.17, 15) is 0 Å². The van der Waals surface area contributed by atoms with Gasteiger partial charge < -0.3 is 16.1 Å². The molecule has 108 valence electrons. The number of nitrogens with one attached hydrogen (secondary N) is 3. The minimum atomic E-state index is 0.603. The molecule has 0 bridgehead atoms. The minimum Gasteiger partial charge on any atom is -0.348 e. The Bertz CT molecular complexity index is 637. The van der Waals surface area contributed by atoms with Gasteiger partial charge in [0.05, 0.1) is 12.4 Å². The van der Waals surface area contributed by atoms with Crippen molar-refractivity contribution in [1.29, 1.82) is 0 Å². The first-order valence-electron chi connectivity index (χ1n) is 6.60. The summed E-state index contributed by atoms with van der Waals surface area (Å²) in [7, 11) is 0. The van der Waals surface area contributed by atoms with Gasteiger partial charge in [0.15, 0.2) is 5.11 Å². The standard InChI is InChI=1S/C15H15BrN4S/c16-12-5-3-6-13(8-12)18-15(21)17-10-20-9-11-4-1-2-7-14(11)19-20/h1-8,19H,9-10H2,(H2,17,18,21). The molecule has 6 heteroatoms. The number of fused-ring (bicyclic) bond motifs is 1. The van der Waals surface area contributed by atoms with Gasteiger partial charge in [0.2, 0.25) is 0 Å². The van der Waals surface area contributed by atoms with Gasteiger partial charge in [-0.3, -0.25) is 0 Å². The highest BCUT2D eigenvalue weighted by atomic mass is 79.9. The van der Waals surface area contributed by atoms with Crippen molar-refractivity contribution in [2.24, 2.45) is 0 Å². The number of anilines is 2. The Hall–Kier alpha value is -1.63. The Morgan fingerprint density at radius 3 is 2.90 bits per heavy atom. The molecule has 0 saturated carbocycles. The Labute approximate surface area is 137 Å². The molecule has 0 amide bonds. The lowest BCUT2D eigenvalue weighted by Gasteiger charge is -2.18. The van der Waals surface area contributed by atoms with Gasteiger partial charge in [-0.15, -0.1) is 0 Å². The fraction of sp³-hybridized carbons (Fsp3) is 0.133. The molecule has 2 aromatic carbocycles.